The molecule has 1 amide bonds. The van der Waals surface area contributed by atoms with E-state index in [1.165, 1.54) is 0 Å². The van der Waals surface area contributed by atoms with Crippen molar-refractivity contribution in [2.24, 2.45) is 0 Å². The minimum absolute atomic E-state index is 0.106. The fraction of sp³-hybridized carbons (Fsp3) is 0.692. The lowest BCUT2D eigenvalue weighted by atomic mass is 10.1. The normalized spacial score (nSPS) is 14.5. The maximum atomic E-state index is 12.0. The van der Waals surface area contributed by atoms with Crippen LogP contribution in [0.1, 0.15) is 42.0 Å². The molecule has 19 heavy (non-hydrogen) atoms. The summed E-state index contributed by atoms with van der Waals surface area (Å²) in [5.74, 6) is -0.106. The maximum absolute atomic E-state index is 12.0. The van der Waals surface area contributed by atoms with Crippen molar-refractivity contribution in [1.82, 2.24) is 20.8 Å². The molecule has 1 aliphatic rings. The highest BCUT2D eigenvalue weighted by Crippen LogP contribution is 2.14. The summed E-state index contributed by atoms with van der Waals surface area (Å²) < 4.78 is 5.42. The Balaban J connectivity index is 1.78. The number of hydrogen-bond donors (Lipinski definition) is 3. The first-order valence-corrected chi connectivity index (χ1v) is 6.85. The summed E-state index contributed by atoms with van der Waals surface area (Å²) in [7, 11) is 0. The van der Waals surface area contributed by atoms with Crippen LogP contribution in [0.2, 0.25) is 0 Å². The Morgan fingerprint density at radius 2 is 2.37 bits per heavy atom. The third-order valence-electron chi connectivity index (χ3n) is 3.08. The molecule has 0 saturated carbocycles. The van der Waals surface area contributed by atoms with Crippen LogP contribution in [-0.2, 0) is 17.7 Å². The van der Waals surface area contributed by atoms with Crippen LogP contribution < -0.4 is 10.6 Å². The monoisotopic (exact) mass is 266 g/mol. The summed E-state index contributed by atoms with van der Waals surface area (Å²) in [6.45, 7) is 6.93. The van der Waals surface area contributed by atoms with E-state index in [4.69, 9.17) is 4.74 Å². The molecule has 1 aliphatic heterocycles. The topological polar surface area (TPSA) is 79.0 Å². The standard InChI is InChI=1S/C13H22N4O2/c1-9(2)19-7-3-5-15-13(18)12-10-8-14-6-4-11(10)16-17-12/h9,14H,3-8H2,1-2H3,(H,15,18)(H,16,17). The van der Waals surface area contributed by atoms with E-state index < -0.39 is 0 Å². The molecule has 0 fully saturated rings. The van der Waals surface area contributed by atoms with Crippen molar-refractivity contribution >= 4 is 5.91 Å². The molecule has 2 heterocycles. The van der Waals surface area contributed by atoms with Crippen molar-refractivity contribution in [2.45, 2.75) is 39.3 Å². The molecule has 3 N–H and O–H groups in total. The minimum atomic E-state index is -0.106. The Morgan fingerprint density at radius 3 is 3.16 bits per heavy atom. The highest BCUT2D eigenvalue weighted by Gasteiger charge is 2.20. The van der Waals surface area contributed by atoms with Crippen molar-refractivity contribution in [1.29, 1.82) is 0 Å². The van der Waals surface area contributed by atoms with Crippen LogP contribution in [0.4, 0.5) is 0 Å². The van der Waals surface area contributed by atoms with Crippen molar-refractivity contribution in [3.63, 3.8) is 0 Å². The zero-order valence-corrected chi connectivity index (χ0v) is 11.6. The quantitative estimate of drug-likeness (QED) is 0.659. The van der Waals surface area contributed by atoms with Crippen LogP contribution in [0, 0.1) is 0 Å². The Kier molecular flexibility index (Phi) is 4.93. The van der Waals surface area contributed by atoms with Gasteiger partial charge in [-0.3, -0.25) is 9.89 Å². The molecule has 2 rings (SSSR count). The first-order chi connectivity index (χ1) is 9.18. The molecule has 0 aliphatic carbocycles. The van der Waals surface area contributed by atoms with Gasteiger partial charge in [0.05, 0.1) is 6.10 Å². The second-order valence-corrected chi connectivity index (χ2v) is 4.99. The number of carbonyl (C=O) groups excluding carboxylic acids is 1. The number of H-pyrrole nitrogens is 1. The van der Waals surface area contributed by atoms with Crippen molar-refractivity contribution in [3.8, 4) is 0 Å². The Labute approximate surface area is 113 Å². The molecule has 106 valence electrons. The van der Waals surface area contributed by atoms with E-state index in [9.17, 15) is 4.79 Å². The van der Waals surface area contributed by atoms with Gasteiger partial charge in [0.25, 0.3) is 5.91 Å². The molecule has 0 radical (unpaired) electrons. The van der Waals surface area contributed by atoms with Gasteiger partial charge in [-0.05, 0) is 20.3 Å². The average molecular weight is 266 g/mol. The van der Waals surface area contributed by atoms with Gasteiger partial charge in [-0.2, -0.15) is 5.10 Å². The fourth-order valence-corrected chi connectivity index (χ4v) is 2.09. The van der Waals surface area contributed by atoms with Gasteiger partial charge in [-0.15, -0.1) is 0 Å². The Morgan fingerprint density at radius 1 is 1.53 bits per heavy atom. The first kappa shape index (κ1) is 14.0. The number of nitrogens with zero attached hydrogens (tertiary/aromatic N) is 1. The Hall–Kier alpha value is -1.40. The number of nitrogens with one attached hydrogen (secondary N) is 3. The predicted octanol–water partition coefficient (Wildman–Crippen LogP) is 0.600. The van der Waals surface area contributed by atoms with E-state index in [-0.39, 0.29) is 12.0 Å². The molecule has 6 heteroatoms. The molecular formula is C13H22N4O2. The second-order valence-electron chi connectivity index (χ2n) is 4.99. The number of aromatic amines is 1. The van der Waals surface area contributed by atoms with Crippen LogP contribution >= 0.6 is 0 Å². The van der Waals surface area contributed by atoms with Gasteiger partial charge in [-0.25, -0.2) is 0 Å². The van der Waals surface area contributed by atoms with E-state index in [0.717, 1.165) is 30.6 Å². The summed E-state index contributed by atoms with van der Waals surface area (Å²) in [6.07, 6.45) is 1.95. The van der Waals surface area contributed by atoms with E-state index in [1.807, 2.05) is 13.8 Å². The van der Waals surface area contributed by atoms with Gasteiger partial charge in [-0.1, -0.05) is 0 Å². The van der Waals surface area contributed by atoms with Gasteiger partial charge >= 0.3 is 0 Å². The number of ether oxygens (including phenoxy) is 1. The van der Waals surface area contributed by atoms with E-state index in [1.54, 1.807) is 0 Å². The summed E-state index contributed by atoms with van der Waals surface area (Å²) in [5.41, 5.74) is 2.60. The first-order valence-electron chi connectivity index (χ1n) is 6.85. The van der Waals surface area contributed by atoms with Crippen molar-refractivity contribution < 1.29 is 9.53 Å². The minimum Gasteiger partial charge on any atom is -0.379 e. The summed E-state index contributed by atoms with van der Waals surface area (Å²) in [4.78, 5) is 12.0. The summed E-state index contributed by atoms with van der Waals surface area (Å²) in [6, 6.07) is 0. The molecule has 1 aromatic heterocycles. The zero-order chi connectivity index (χ0) is 13.7. The summed E-state index contributed by atoms with van der Waals surface area (Å²) >= 11 is 0. The highest BCUT2D eigenvalue weighted by atomic mass is 16.5. The van der Waals surface area contributed by atoms with E-state index in [0.29, 0.717) is 25.4 Å². The van der Waals surface area contributed by atoms with Crippen LogP contribution in [-0.4, -0.2) is 41.9 Å². The summed E-state index contributed by atoms with van der Waals surface area (Å²) in [5, 5.41) is 13.2. The third kappa shape index (κ3) is 3.78. The van der Waals surface area contributed by atoms with Crippen LogP contribution in [0.25, 0.3) is 0 Å². The number of fused-ring (bicyclic) bond motifs is 1. The molecule has 0 aromatic carbocycles. The van der Waals surface area contributed by atoms with Crippen LogP contribution in [0.5, 0.6) is 0 Å². The van der Waals surface area contributed by atoms with Crippen LogP contribution in [0.3, 0.4) is 0 Å². The number of carbonyl (C=O) groups is 1. The Bertz CT molecular complexity index is 428. The molecule has 0 atom stereocenters. The van der Waals surface area contributed by atoms with Gasteiger partial charge in [0, 0.05) is 43.9 Å². The van der Waals surface area contributed by atoms with Gasteiger partial charge in [0.1, 0.15) is 0 Å². The molecule has 0 unspecified atom stereocenters. The molecule has 1 aromatic rings. The lowest BCUT2D eigenvalue weighted by molar-refractivity contribution is 0.0756. The molecule has 0 bridgehead atoms. The number of hydrogen-bond acceptors (Lipinski definition) is 4. The van der Waals surface area contributed by atoms with Crippen molar-refractivity contribution in [2.75, 3.05) is 19.7 Å². The average Bonchev–Trinajstić information content (AvgIpc) is 2.81. The maximum Gasteiger partial charge on any atom is 0.272 e. The van der Waals surface area contributed by atoms with Gasteiger partial charge in [0.15, 0.2) is 5.69 Å². The zero-order valence-electron chi connectivity index (χ0n) is 11.6. The number of rotatable bonds is 6. The number of aromatic nitrogens is 2. The highest BCUT2D eigenvalue weighted by molar-refractivity contribution is 5.94. The fourth-order valence-electron chi connectivity index (χ4n) is 2.09. The number of amides is 1. The van der Waals surface area contributed by atoms with Crippen LogP contribution in [0.15, 0.2) is 0 Å². The van der Waals surface area contributed by atoms with Gasteiger partial charge < -0.3 is 15.4 Å². The molecule has 0 spiro atoms. The molecular weight excluding hydrogens is 244 g/mol. The lowest BCUT2D eigenvalue weighted by Gasteiger charge is -2.13. The third-order valence-corrected chi connectivity index (χ3v) is 3.08. The SMILES string of the molecule is CC(C)OCCCNC(=O)c1n[nH]c2c1CNCC2. The van der Waals surface area contributed by atoms with E-state index in [2.05, 4.69) is 20.8 Å². The molecule has 0 saturated heterocycles. The molecule has 6 nitrogen and oxygen atoms in total. The van der Waals surface area contributed by atoms with Gasteiger partial charge in [0.2, 0.25) is 0 Å². The largest absolute Gasteiger partial charge is 0.379 e. The predicted molar refractivity (Wildman–Crippen MR) is 72.0 cm³/mol. The van der Waals surface area contributed by atoms with Crippen molar-refractivity contribution in [3.05, 3.63) is 17.0 Å². The lowest BCUT2D eigenvalue weighted by Crippen LogP contribution is -2.29. The van der Waals surface area contributed by atoms with E-state index >= 15 is 0 Å². The second kappa shape index (κ2) is 6.68. The smallest absolute Gasteiger partial charge is 0.272 e.